The minimum absolute atomic E-state index is 0.0260. The van der Waals surface area contributed by atoms with Crippen molar-refractivity contribution in [3.8, 4) is 0 Å². The molecule has 1 unspecified atom stereocenters. The first-order valence-electron chi connectivity index (χ1n) is 9.47. The van der Waals surface area contributed by atoms with Crippen LogP contribution in [-0.4, -0.2) is 54.4 Å². The highest BCUT2D eigenvalue weighted by Crippen LogP contribution is 2.23. The Balaban J connectivity index is 1.66. The Hall–Kier alpha value is -2.75. The Morgan fingerprint density at radius 2 is 1.72 bits per heavy atom. The Morgan fingerprint density at radius 3 is 2.28 bits per heavy atom. The summed E-state index contributed by atoms with van der Waals surface area (Å²) < 4.78 is 23.4. The van der Waals surface area contributed by atoms with Gasteiger partial charge >= 0.3 is 0 Å². The van der Waals surface area contributed by atoms with Crippen molar-refractivity contribution in [2.24, 2.45) is 11.0 Å². The van der Waals surface area contributed by atoms with Crippen molar-refractivity contribution in [1.82, 2.24) is 5.01 Å². The van der Waals surface area contributed by atoms with Crippen molar-refractivity contribution in [2.45, 2.75) is 39.2 Å². The van der Waals surface area contributed by atoms with Gasteiger partial charge in [0, 0.05) is 30.1 Å². The van der Waals surface area contributed by atoms with Gasteiger partial charge in [-0.05, 0) is 30.7 Å². The topological polar surface area (TPSA) is 125 Å². The van der Waals surface area contributed by atoms with Gasteiger partial charge in [-0.3, -0.25) is 14.4 Å². The molecule has 1 aromatic rings. The van der Waals surface area contributed by atoms with Gasteiger partial charge in [0.1, 0.15) is 5.71 Å². The fraction of sp³-hybridized carbons (Fsp3) is 0.474. The van der Waals surface area contributed by atoms with E-state index in [9.17, 15) is 22.8 Å². The molecule has 156 valence electrons. The molecule has 0 saturated carbocycles. The Kier molecular flexibility index (Phi) is 6.02. The molecule has 0 radical (unpaired) electrons. The smallest absolute Gasteiger partial charge is 0.271 e. The molecule has 3 amide bonds. The van der Waals surface area contributed by atoms with Gasteiger partial charge in [-0.1, -0.05) is 13.8 Å². The summed E-state index contributed by atoms with van der Waals surface area (Å²) in [6, 6.07) is 6.16. The summed E-state index contributed by atoms with van der Waals surface area (Å²) in [5.41, 5.74) is 1.33. The van der Waals surface area contributed by atoms with Crippen LogP contribution in [0.15, 0.2) is 29.4 Å². The number of benzene rings is 1. The van der Waals surface area contributed by atoms with E-state index in [0.717, 1.165) is 5.01 Å². The van der Waals surface area contributed by atoms with E-state index in [2.05, 4.69) is 15.7 Å². The van der Waals surface area contributed by atoms with Gasteiger partial charge in [0.25, 0.3) is 5.91 Å². The van der Waals surface area contributed by atoms with Crippen LogP contribution in [0.5, 0.6) is 0 Å². The maximum Gasteiger partial charge on any atom is 0.271 e. The lowest BCUT2D eigenvalue weighted by molar-refractivity contribution is -0.133. The van der Waals surface area contributed by atoms with Crippen LogP contribution in [0.2, 0.25) is 0 Å². The molecule has 0 aromatic heterocycles. The molecule has 1 fully saturated rings. The second kappa shape index (κ2) is 8.32. The normalized spacial score (nSPS) is 21.1. The van der Waals surface area contributed by atoms with Crippen molar-refractivity contribution < 1.29 is 22.8 Å². The number of rotatable bonds is 5. The lowest BCUT2D eigenvalue weighted by Crippen LogP contribution is -2.42. The lowest BCUT2D eigenvalue weighted by atomic mass is 10.1. The zero-order chi connectivity index (χ0) is 21.2. The zero-order valence-electron chi connectivity index (χ0n) is 16.3. The van der Waals surface area contributed by atoms with Crippen molar-refractivity contribution >= 4 is 44.6 Å². The fourth-order valence-electron chi connectivity index (χ4n) is 3.11. The molecule has 2 aliphatic rings. The molecule has 0 bridgehead atoms. The van der Waals surface area contributed by atoms with Gasteiger partial charge in [0.2, 0.25) is 11.8 Å². The van der Waals surface area contributed by atoms with Gasteiger partial charge in [-0.15, -0.1) is 0 Å². The van der Waals surface area contributed by atoms with Crippen LogP contribution in [0, 0.1) is 5.92 Å². The summed E-state index contributed by atoms with van der Waals surface area (Å²) >= 11 is 0. The molecule has 2 heterocycles. The highest BCUT2D eigenvalue weighted by Gasteiger charge is 2.37. The Morgan fingerprint density at radius 1 is 1.10 bits per heavy atom. The van der Waals surface area contributed by atoms with Crippen molar-refractivity contribution in [1.29, 1.82) is 0 Å². The standard InChI is InChI=1S/C19H24N4O5S/c1-12(2)18(25)20-13-3-5-14(6-4-13)21-19(26)16-7-8-17(24)23(22-16)15-9-10-29(27,28)11-15/h3-6,12,15H,7-11H2,1-2H3,(H,20,25)(H,21,26). The molecule has 0 spiro atoms. The SMILES string of the molecule is CC(C)C(=O)Nc1ccc(NC(=O)C2=NN(C3CCS(=O)(=O)C3)C(=O)CC2)cc1. The van der Waals surface area contributed by atoms with Gasteiger partial charge in [0.15, 0.2) is 9.84 Å². The van der Waals surface area contributed by atoms with E-state index in [1.54, 1.807) is 38.1 Å². The van der Waals surface area contributed by atoms with Gasteiger partial charge in [-0.2, -0.15) is 5.10 Å². The highest BCUT2D eigenvalue weighted by molar-refractivity contribution is 7.91. The van der Waals surface area contributed by atoms with Crippen molar-refractivity contribution in [3.63, 3.8) is 0 Å². The van der Waals surface area contributed by atoms with Gasteiger partial charge in [-0.25, -0.2) is 13.4 Å². The summed E-state index contributed by atoms with van der Waals surface area (Å²) in [7, 11) is -3.17. The number of nitrogens with one attached hydrogen (secondary N) is 2. The molecule has 0 aliphatic carbocycles. The molecular weight excluding hydrogens is 396 g/mol. The molecule has 10 heteroatoms. The van der Waals surface area contributed by atoms with E-state index >= 15 is 0 Å². The van der Waals surface area contributed by atoms with E-state index in [4.69, 9.17) is 0 Å². The van der Waals surface area contributed by atoms with Gasteiger partial charge < -0.3 is 10.6 Å². The molecule has 1 saturated heterocycles. The largest absolute Gasteiger partial charge is 0.326 e. The van der Waals surface area contributed by atoms with E-state index in [1.165, 1.54) is 0 Å². The highest BCUT2D eigenvalue weighted by atomic mass is 32.2. The maximum atomic E-state index is 12.5. The minimum Gasteiger partial charge on any atom is -0.326 e. The molecule has 2 aliphatic heterocycles. The third kappa shape index (κ3) is 5.20. The number of carbonyl (C=O) groups excluding carboxylic acids is 3. The molecule has 1 aromatic carbocycles. The monoisotopic (exact) mass is 420 g/mol. The van der Waals surface area contributed by atoms with E-state index in [1.807, 2.05) is 0 Å². The number of nitrogens with zero attached hydrogens (tertiary/aromatic N) is 2. The van der Waals surface area contributed by atoms with Crippen molar-refractivity contribution in [3.05, 3.63) is 24.3 Å². The first-order valence-corrected chi connectivity index (χ1v) is 11.3. The average Bonchev–Trinajstić information content (AvgIpc) is 3.03. The predicted octanol–water partition coefficient (Wildman–Crippen LogP) is 1.39. The molecule has 9 nitrogen and oxygen atoms in total. The summed E-state index contributed by atoms with van der Waals surface area (Å²) in [6.07, 6.45) is 0.641. The van der Waals surface area contributed by atoms with Crippen LogP contribution in [0.4, 0.5) is 11.4 Å². The summed E-state index contributed by atoms with van der Waals surface area (Å²) in [5.74, 6) is -1.05. The average molecular weight is 420 g/mol. The van der Waals surface area contributed by atoms with Crippen LogP contribution in [0.25, 0.3) is 0 Å². The number of hydrogen-bond donors (Lipinski definition) is 2. The zero-order valence-corrected chi connectivity index (χ0v) is 17.2. The van der Waals surface area contributed by atoms with Crippen molar-refractivity contribution in [2.75, 3.05) is 22.1 Å². The summed E-state index contributed by atoms with van der Waals surface area (Å²) in [5, 5.41) is 10.8. The fourth-order valence-corrected chi connectivity index (χ4v) is 4.81. The number of carbonyl (C=O) groups is 3. The third-order valence-corrected chi connectivity index (χ3v) is 6.56. The summed E-state index contributed by atoms with van der Waals surface area (Å²) in [4.78, 5) is 36.4. The summed E-state index contributed by atoms with van der Waals surface area (Å²) in [6.45, 7) is 3.59. The van der Waals surface area contributed by atoms with Crippen LogP contribution < -0.4 is 10.6 Å². The Labute approximate surface area is 169 Å². The predicted molar refractivity (Wildman–Crippen MR) is 109 cm³/mol. The van der Waals surface area contributed by atoms with Crippen LogP contribution in [-0.2, 0) is 24.2 Å². The first kappa shape index (κ1) is 21.0. The van der Waals surface area contributed by atoms with Gasteiger partial charge in [0.05, 0.1) is 17.5 Å². The molecule has 2 N–H and O–H groups in total. The van der Waals surface area contributed by atoms with Crippen LogP contribution in [0.1, 0.15) is 33.1 Å². The quantitative estimate of drug-likeness (QED) is 0.745. The number of hydrazone groups is 1. The lowest BCUT2D eigenvalue weighted by Gasteiger charge is -2.27. The maximum absolute atomic E-state index is 12.5. The second-order valence-electron chi connectivity index (χ2n) is 7.52. The molecular formula is C19H24N4O5S. The third-order valence-electron chi connectivity index (χ3n) is 4.81. The van der Waals surface area contributed by atoms with E-state index in [0.29, 0.717) is 17.8 Å². The number of anilines is 2. The second-order valence-corrected chi connectivity index (χ2v) is 9.75. The molecule has 29 heavy (non-hydrogen) atoms. The van der Waals surface area contributed by atoms with Crippen LogP contribution in [0.3, 0.4) is 0 Å². The molecule has 1 atom stereocenters. The number of amides is 3. The Bertz CT molecular complexity index is 953. The molecule has 3 rings (SSSR count). The first-order chi connectivity index (χ1) is 13.6. The number of sulfone groups is 1. The van der Waals surface area contributed by atoms with Crippen LogP contribution >= 0.6 is 0 Å². The minimum atomic E-state index is -3.17. The number of hydrogen-bond acceptors (Lipinski definition) is 6. The van der Waals surface area contributed by atoms with E-state index in [-0.39, 0.29) is 47.8 Å². The van der Waals surface area contributed by atoms with E-state index < -0.39 is 21.8 Å².